The van der Waals surface area contributed by atoms with E-state index in [0.717, 1.165) is 24.5 Å². The van der Waals surface area contributed by atoms with Crippen molar-refractivity contribution in [3.8, 4) is 17.2 Å². The Labute approximate surface area is 159 Å². The minimum Gasteiger partial charge on any atom is -0.497 e. The van der Waals surface area contributed by atoms with Crippen LogP contribution in [-0.2, 0) is 0 Å². The maximum Gasteiger partial charge on any atom is 0.322 e. The Morgan fingerprint density at radius 3 is 2.26 bits per heavy atom. The van der Waals surface area contributed by atoms with E-state index in [9.17, 15) is 4.79 Å². The van der Waals surface area contributed by atoms with Crippen molar-refractivity contribution in [1.29, 1.82) is 0 Å². The summed E-state index contributed by atoms with van der Waals surface area (Å²) < 4.78 is 15.8. The molecule has 1 fully saturated rings. The van der Waals surface area contributed by atoms with E-state index < -0.39 is 0 Å². The first-order valence-corrected chi connectivity index (χ1v) is 8.81. The SMILES string of the molecule is COc1cccc(N2CCN(C(=O)Nc3cc(OC)ccc3OC)CC2)c1. The molecule has 0 unspecified atom stereocenters. The molecule has 1 saturated heterocycles. The van der Waals surface area contributed by atoms with Gasteiger partial charge in [0.2, 0.25) is 0 Å². The first-order valence-electron chi connectivity index (χ1n) is 8.81. The number of hydrogen-bond acceptors (Lipinski definition) is 5. The second-order valence-electron chi connectivity index (χ2n) is 6.17. The average Bonchev–Trinajstić information content (AvgIpc) is 2.73. The summed E-state index contributed by atoms with van der Waals surface area (Å²) in [6.45, 7) is 2.79. The molecule has 1 aliphatic rings. The third-order valence-electron chi connectivity index (χ3n) is 4.63. The summed E-state index contributed by atoms with van der Waals surface area (Å²) in [5.74, 6) is 2.09. The van der Waals surface area contributed by atoms with Crippen LogP contribution in [0.5, 0.6) is 17.2 Å². The Hall–Kier alpha value is -3.09. The largest absolute Gasteiger partial charge is 0.497 e. The number of nitrogens with one attached hydrogen (secondary N) is 1. The summed E-state index contributed by atoms with van der Waals surface area (Å²) in [5.41, 5.74) is 1.70. The van der Waals surface area contributed by atoms with Crippen molar-refractivity contribution < 1.29 is 19.0 Å². The van der Waals surface area contributed by atoms with Crippen LogP contribution in [0.1, 0.15) is 0 Å². The number of urea groups is 1. The third-order valence-corrected chi connectivity index (χ3v) is 4.63. The van der Waals surface area contributed by atoms with Gasteiger partial charge < -0.3 is 29.3 Å². The van der Waals surface area contributed by atoms with Crippen LogP contribution in [0.4, 0.5) is 16.2 Å². The second-order valence-corrected chi connectivity index (χ2v) is 6.17. The molecule has 0 aromatic heterocycles. The summed E-state index contributed by atoms with van der Waals surface area (Å²) in [6, 6.07) is 13.1. The molecular formula is C20H25N3O4. The summed E-state index contributed by atoms with van der Waals surface area (Å²) in [4.78, 5) is 16.7. The molecule has 0 saturated carbocycles. The van der Waals surface area contributed by atoms with E-state index in [1.807, 2.05) is 18.2 Å². The zero-order valence-corrected chi connectivity index (χ0v) is 15.9. The lowest BCUT2D eigenvalue weighted by molar-refractivity contribution is 0.208. The molecule has 2 amide bonds. The molecule has 1 heterocycles. The molecule has 7 heteroatoms. The number of anilines is 2. The highest BCUT2D eigenvalue weighted by molar-refractivity contribution is 5.91. The standard InChI is InChI=1S/C20H25N3O4/c1-25-16-6-4-5-15(13-16)22-9-11-23(12-10-22)20(24)21-18-14-17(26-2)7-8-19(18)27-3/h4-8,13-14H,9-12H2,1-3H3,(H,21,24). The van der Waals surface area contributed by atoms with Crippen LogP contribution in [-0.4, -0.2) is 58.4 Å². The molecule has 1 N–H and O–H groups in total. The zero-order valence-electron chi connectivity index (χ0n) is 15.9. The second kappa shape index (κ2) is 8.53. The summed E-state index contributed by atoms with van der Waals surface area (Å²) in [7, 11) is 4.82. The van der Waals surface area contributed by atoms with E-state index in [1.54, 1.807) is 44.4 Å². The van der Waals surface area contributed by atoms with Crippen molar-refractivity contribution in [2.24, 2.45) is 0 Å². The molecule has 0 bridgehead atoms. The topological polar surface area (TPSA) is 63.3 Å². The fraction of sp³-hybridized carbons (Fsp3) is 0.350. The van der Waals surface area contributed by atoms with Crippen molar-refractivity contribution in [1.82, 2.24) is 4.90 Å². The van der Waals surface area contributed by atoms with Crippen LogP contribution in [0.3, 0.4) is 0 Å². The number of methoxy groups -OCH3 is 3. The Bertz CT molecular complexity index is 789. The molecule has 0 spiro atoms. The number of carbonyl (C=O) groups is 1. The number of ether oxygens (including phenoxy) is 3. The molecule has 27 heavy (non-hydrogen) atoms. The minimum atomic E-state index is -0.146. The van der Waals surface area contributed by atoms with Gasteiger partial charge in [-0.25, -0.2) is 4.79 Å². The van der Waals surface area contributed by atoms with Crippen molar-refractivity contribution in [3.63, 3.8) is 0 Å². The lowest BCUT2D eigenvalue weighted by atomic mass is 10.2. The predicted octanol–water partition coefficient (Wildman–Crippen LogP) is 3.07. The first kappa shape index (κ1) is 18.7. The van der Waals surface area contributed by atoms with Crippen LogP contribution >= 0.6 is 0 Å². The maximum absolute atomic E-state index is 12.7. The fourth-order valence-electron chi connectivity index (χ4n) is 3.08. The smallest absolute Gasteiger partial charge is 0.322 e. The molecular weight excluding hydrogens is 346 g/mol. The van der Waals surface area contributed by atoms with Crippen LogP contribution in [0, 0.1) is 0 Å². The Kier molecular flexibility index (Phi) is 5.90. The molecule has 7 nitrogen and oxygen atoms in total. The molecule has 3 rings (SSSR count). The third kappa shape index (κ3) is 4.36. The highest BCUT2D eigenvalue weighted by Crippen LogP contribution is 2.29. The van der Waals surface area contributed by atoms with E-state index >= 15 is 0 Å². The number of carbonyl (C=O) groups excluding carboxylic acids is 1. The van der Waals surface area contributed by atoms with E-state index in [-0.39, 0.29) is 6.03 Å². The van der Waals surface area contributed by atoms with Gasteiger partial charge in [0, 0.05) is 44.0 Å². The van der Waals surface area contributed by atoms with Gasteiger partial charge in [0.1, 0.15) is 17.2 Å². The quantitative estimate of drug-likeness (QED) is 0.875. The van der Waals surface area contributed by atoms with Gasteiger partial charge in [-0.2, -0.15) is 0 Å². The van der Waals surface area contributed by atoms with Gasteiger partial charge in [-0.05, 0) is 24.3 Å². The van der Waals surface area contributed by atoms with Gasteiger partial charge in [0.05, 0.1) is 27.0 Å². The molecule has 2 aromatic carbocycles. The van der Waals surface area contributed by atoms with Crippen LogP contribution in [0.2, 0.25) is 0 Å². The number of nitrogens with zero attached hydrogens (tertiary/aromatic N) is 2. The van der Waals surface area contributed by atoms with Crippen LogP contribution in [0.25, 0.3) is 0 Å². The fourth-order valence-corrected chi connectivity index (χ4v) is 3.08. The van der Waals surface area contributed by atoms with Crippen molar-refractivity contribution in [2.75, 3.05) is 57.7 Å². The average molecular weight is 371 g/mol. The molecule has 0 aliphatic carbocycles. The van der Waals surface area contributed by atoms with Gasteiger partial charge in [-0.15, -0.1) is 0 Å². The van der Waals surface area contributed by atoms with Crippen molar-refractivity contribution >= 4 is 17.4 Å². The van der Waals surface area contributed by atoms with Gasteiger partial charge in [-0.3, -0.25) is 0 Å². The molecule has 1 aliphatic heterocycles. The molecule has 2 aromatic rings. The van der Waals surface area contributed by atoms with E-state index in [2.05, 4.69) is 16.3 Å². The Balaban J connectivity index is 1.62. The van der Waals surface area contributed by atoms with Crippen LogP contribution in [0.15, 0.2) is 42.5 Å². The Morgan fingerprint density at radius 1 is 0.889 bits per heavy atom. The van der Waals surface area contributed by atoms with Gasteiger partial charge in [0.25, 0.3) is 0 Å². The van der Waals surface area contributed by atoms with Crippen LogP contribution < -0.4 is 24.4 Å². The molecule has 144 valence electrons. The number of benzene rings is 2. The lowest BCUT2D eigenvalue weighted by Gasteiger charge is -2.36. The summed E-state index contributed by atoms with van der Waals surface area (Å²) in [6.07, 6.45) is 0. The summed E-state index contributed by atoms with van der Waals surface area (Å²) >= 11 is 0. The predicted molar refractivity (Wildman–Crippen MR) is 105 cm³/mol. The Morgan fingerprint density at radius 2 is 1.59 bits per heavy atom. The number of hydrogen-bond donors (Lipinski definition) is 1. The van der Waals surface area contributed by atoms with Crippen molar-refractivity contribution in [2.45, 2.75) is 0 Å². The van der Waals surface area contributed by atoms with E-state index in [1.165, 1.54) is 0 Å². The van der Waals surface area contributed by atoms with Gasteiger partial charge in [-0.1, -0.05) is 6.07 Å². The number of amides is 2. The highest BCUT2D eigenvalue weighted by Gasteiger charge is 2.22. The minimum absolute atomic E-state index is 0.146. The molecule has 0 radical (unpaired) electrons. The van der Waals surface area contributed by atoms with Gasteiger partial charge >= 0.3 is 6.03 Å². The number of rotatable bonds is 5. The first-order chi connectivity index (χ1) is 13.1. The maximum atomic E-state index is 12.7. The zero-order chi connectivity index (χ0) is 19.2. The number of piperazine rings is 1. The van der Waals surface area contributed by atoms with E-state index in [0.29, 0.717) is 30.3 Å². The lowest BCUT2D eigenvalue weighted by Crippen LogP contribution is -2.50. The van der Waals surface area contributed by atoms with E-state index in [4.69, 9.17) is 14.2 Å². The van der Waals surface area contributed by atoms with Gasteiger partial charge in [0.15, 0.2) is 0 Å². The summed E-state index contributed by atoms with van der Waals surface area (Å²) in [5, 5.41) is 2.92. The highest BCUT2D eigenvalue weighted by atomic mass is 16.5. The molecule has 0 atom stereocenters. The normalized spacial score (nSPS) is 13.9. The monoisotopic (exact) mass is 371 g/mol. The van der Waals surface area contributed by atoms with Crippen molar-refractivity contribution in [3.05, 3.63) is 42.5 Å².